The number of alkyl halides is 3. The molecule has 0 saturated heterocycles. The minimum absolute atomic E-state index is 0.151. The van der Waals surface area contributed by atoms with Crippen LogP contribution in [-0.4, -0.2) is 33.3 Å². The Morgan fingerprint density at radius 2 is 1.81 bits per heavy atom. The molecular weight excluding hydrogens is 354 g/mol. The van der Waals surface area contributed by atoms with Gasteiger partial charge in [-0.15, -0.1) is 0 Å². The molecule has 21 heavy (non-hydrogen) atoms. The van der Waals surface area contributed by atoms with E-state index in [-0.39, 0.29) is 20.6 Å². The Hall–Kier alpha value is -0.830. The molecule has 0 heterocycles. The zero-order chi connectivity index (χ0) is 16.6. The van der Waals surface area contributed by atoms with E-state index in [9.17, 15) is 27.3 Å². The summed E-state index contributed by atoms with van der Waals surface area (Å²) in [6, 6.07) is 2.40. The average molecular weight is 364 g/mol. The van der Waals surface area contributed by atoms with Crippen LogP contribution in [0.25, 0.3) is 0 Å². The van der Waals surface area contributed by atoms with Crippen molar-refractivity contribution < 1.29 is 27.3 Å². The Labute approximate surface area is 130 Å². The molecule has 1 rings (SSSR count). The van der Waals surface area contributed by atoms with Gasteiger partial charge in [0.05, 0.1) is 31.4 Å². The van der Waals surface area contributed by atoms with Crippen molar-refractivity contribution in [2.45, 2.75) is 23.6 Å². The van der Waals surface area contributed by atoms with Gasteiger partial charge in [0, 0.05) is 6.26 Å². The number of nitrogens with one attached hydrogen (secondary N) is 1. The highest BCUT2D eigenvalue weighted by Gasteiger charge is 2.55. The monoisotopic (exact) mass is 363 g/mol. The highest BCUT2D eigenvalue weighted by Crippen LogP contribution is 2.36. The van der Waals surface area contributed by atoms with Crippen molar-refractivity contribution >= 4 is 45.6 Å². The largest absolute Gasteiger partial charge is 0.426 e. The van der Waals surface area contributed by atoms with E-state index in [1.807, 2.05) is 5.32 Å². The minimum atomic E-state index is -5.15. The second-order valence-electron chi connectivity index (χ2n) is 4.22. The lowest BCUT2D eigenvalue weighted by Crippen LogP contribution is -2.52. The number of hydrogen-bond donors (Lipinski definition) is 2. The van der Waals surface area contributed by atoms with Gasteiger partial charge in [0.15, 0.2) is 0 Å². The van der Waals surface area contributed by atoms with E-state index in [0.717, 1.165) is 6.07 Å². The van der Waals surface area contributed by atoms with Crippen molar-refractivity contribution in [3.63, 3.8) is 0 Å². The first kappa shape index (κ1) is 18.2. The van der Waals surface area contributed by atoms with E-state index in [2.05, 4.69) is 0 Å². The first-order chi connectivity index (χ1) is 9.39. The summed E-state index contributed by atoms with van der Waals surface area (Å²) < 4.78 is 48.9. The quantitative estimate of drug-likeness (QED) is 0.867. The molecule has 2 N–H and O–H groups in total. The number of rotatable bonds is 3. The van der Waals surface area contributed by atoms with Crippen molar-refractivity contribution in [3.05, 3.63) is 22.2 Å². The molecule has 0 bridgehead atoms. The molecule has 0 fully saturated rings. The molecule has 1 amide bonds. The smallest absolute Gasteiger partial charge is 0.373 e. The molecule has 4 nitrogen and oxygen atoms in total. The first-order valence-electron chi connectivity index (χ1n) is 5.31. The summed E-state index contributed by atoms with van der Waals surface area (Å²) in [5.41, 5.74) is -3.82. The lowest BCUT2D eigenvalue weighted by molar-refractivity contribution is -0.242. The van der Waals surface area contributed by atoms with Crippen LogP contribution in [-0.2, 0) is 15.6 Å². The van der Waals surface area contributed by atoms with Crippen molar-refractivity contribution in [1.29, 1.82) is 0 Å². The molecule has 0 aliphatic carbocycles. The van der Waals surface area contributed by atoms with E-state index in [1.165, 1.54) is 12.3 Å². The SMILES string of the molecule is CS(=O)c1ccc(NC(=O)C(C)(O)C(F)(F)F)c(Cl)c1Cl. The number of halogens is 5. The van der Waals surface area contributed by atoms with Gasteiger partial charge in [-0.1, -0.05) is 23.2 Å². The molecule has 2 unspecified atom stereocenters. The van der Waals surface area contributed by atoms with Gasteiger partial charge < -0.3 is 10.4 Å². The maximum atomic E-state index is 12.5. The molecular formula is C11H10Cl2F3NO3S. The molecule has 118 valence electrons. The van der Waals surface area contributed by atoms with E-state index in [0.29, 0.717) is 6.92 Å². The lowest BCUT2D eigenvalue weighted by Gasteiger charge is -2.25. The van der Waals surface area contributed by atoms with Gasteiger partial charge in [0.25, 0.3) is 5.91 Å². The molecule has 0 radical (unpaired) electrons. The Morgan fingerprint density at radius 3 is 2.24 bits per heavy atom. The van der Waals surface area contributed by atoms with Crippen LogP contribution in [0, 0.1) is 0 Å². The normalized spacial score (nSPS) is 16.2. The van der Waals surface area contributed by atoms with Gasteiger partial charge in [0.1, 0.15) is 0 Å². The van der Waals surface area contributed by atoms with Crippen molar-refractivity contribution in [1.82, 2.24) is 0 Å². The molecule has 0 aliphatic heterocycles. The standard InChI is InChI=1S/C11H10Cl2F3NO3S/c1-10(19,11(14,15)16)9(18)17-5-3-4-6(21(2)20)8(13)7(5)12/h3-4,19H,1-2H3,(H,17,18). The fourth-order valence-corrected chi connectivity index (χ4v) is 2.60. The molecule has 0 saturated carbocycles. The Bertz CT molecular complexity index is 605. The zero-order valence-electron chi connectivity index (χ0n) is 10.7. The van der Waals surface area contributed by atoms with Crippen LogP contribution in [0.15, 0.2) is 17.0 Å². The summed E-state index contributed by atoms with van der Waals surface area (Å²) in [6.07, 6.45) is -3.82. The summed E-state index contributed by atoms with van der Waals surface area (Å²) in [5.74, 6) is -1.71. The third kappa shape index (κ3) is 3.68. The second kappa shape index (κ2) is 6.12. The summed E-state index contributed by atoms with van der Waals surface area (Å²) in [5, 5.41) is 10.6. The van der Waals surface area contributed by atoms with Crippen LogP contribution in [0.4, 0.5) is 18.9 Å². The number of carbonyl (C=O) groups is 1. The van der Waals surface area contributed by atoms with E-state index in [1.54, 1.807) is 0 Å². The molecule has 0 aromatic heterocycles. The molecule has 2 atom stereocenters. The Balaban J connectivity index is 3.14. The minimum Gasteiger partial charge on any atom is -0.373 e. The fourth-order valence-electron chi connectivity index (χ4n) is 1.22. The highest BCUT2D eigenvalue weighted by atomic mass is 35.5. The number of carbonyl (C=O) groups excluding carboxylic acids is 1. The van der Waals surface area contributed by atoms with Crippen LogP contribution in [0.2, 0.25) is 10.0 Å². The Kier molecular flexibility index (Phi) is 5.31. The van der Waals surface area contributed by atoms with Gasteiger partial charge >= 0.3 is 6.18 Å². The summed E-state index contributed by atoms with van der Waals surface area (Å²) >= 11 is 11.6. The third-order valence-electron chi connectivity index (χ3n) is 2.60. The van der Waals surface area contributed by atoms with Gasteiger partial charge in [-0.05, 0) is 19.1 Å². The molecule has 1 aromatic carbocycles. The van der Waals surface area contributed by atoms with E-state index < -0.39 is 28.5 Å². The van der Waals surface area contributed by atoms with Gasteiger partial charge in [-0.3, -0.25) is 9.00 Å². The predicted octanol–water partition coefficient (Wildman–Crippen LogP) is 2.98. The molecule has 10 heteroatoms. The second-order valence-corrected chi connectivity index (χ2v) is 6.32. The van der Waals surface area contributed by atoms with Gasteiger partial charge in [-0.2, -0.15) is 13.2 Å². The maximum Gasteiger partial charge on any atom is 0.426 e. The van der Waals surface area contributed by atoms with Crippen LogP contribution >= 0.6 is 23.2 Å². The fraction of sp³-hybridized carbons (Fsp3) is 0.364. The number of aliphatic hydroxyl groups is 1. The van der Waals surface area contributed by atoms with Crippen molar-refractivity contribution in [2.24, 2.45) is 0 Å². The third-order valence-corrected chi connectivity index (χ3v) is 4.55. The lowest BCUT2D eigenvalue weighted by atomic mass is 10.1. The number of amides is 1. The van der Waals surface area contributed by atoms with E-state index in [4.69, 9.17) is 23.2 Å². The van der Waals surface area contributed by atoms with E-state index >= 15 is 0 Å². The van der Waals surface area contributed by atoms with Crippen LogP contribution in [0.3, 0.4) is 0 Å². The molecule has 0 spiro atoms. The number of benzene rings is 1. The topological polar surface area (TPSA) is 66.4 Å². The number of hydrogen-bond acceptors (Lipinski definition) is 3. The summed E-state index contributed by atoms with van der Waals surface area (Å²) in [7, 11) is -1.46. The summed E-state index contributed by atoms with van der Waals surface area (Å²) in [6.45, 7) is 0.313. The van der Waals surface area contributed by atoms with Crippen molar-refractivity contribution in [3.8, 4) is 0 Å². The first-order valence-corrected chi connectivity index (χ1v) is 7.63. The van der Waals surface area contributed by atoms with Crippen molar-refractivity contribution in [2.75, 3.05) is 11.6 Å². The van der Waals surface area contributed by atoms with Crippen LogP contribution in [0.5, 0.6) is 0 Å². The van der Waals surface area contributed by atoms with Crippen LogP contribution < -0.4 is 5.32 Å². The Morgan fingerprint density at radius 1 is 1.29 bits per heavy atom. The van der Waals surface area contributed by atoms with Gasteiger partial charge in [0.2, 0.25) is 5.60 Å². The maximum absolute atomic E-state index is 12.5. The zero-order valence-corrected chi connectivity index (χ0v) is 13.0. The highest BCUT2D eigenvalue weighted by molar-refractivity contribution is 7.84. The molecule has 1 aromatic rings. The molecule has 0 aliphatic rings. The van der Waals surface area contributed by atoms with Crippen LogP contribution in [0.1, 0.15) is 6.92 Å². The number of anilines is 1. The summed E-state index contributed by atoms with van der Waals surface area (Å²) in [4.78, 5) is 11.7. The predicted molar refractivity (Wildman–Crippen MR) is 74.1 cm³/mol. The average Bonchev–Trinajstić information content (AvgIpc) is 2.33. The van der Waals surface area contributed by atoms with Gasteiger partial charge in [-0.25, -0.2) is 0 Å².